The minimum absolute atomic E-state index is 0.494. The zero-order valence-electron chi connectivity index (χ0n) is 12.8. The zero-order chi connectivity index (χ0) is 15.0. The van der Waals surface area contributed by atoms with Crippen molar-refractivity contribution in [3.8, 4) is 17.2 Å². The Morgan fingerprint density at radius 2 is 2.14 bits per heavy atom. The number of anilines is 1. The van der Waals surface area contributed by atoms with Gasteiger partial charge >= 0.3 is 0 Å². The van der Waals surface area contributed by atoms with Crippen LogP contribution in [0.3, 0.4) is 0 Å². The summed E-state index contributed by atoms with van der Waals surface area (Å²) in [5.41, 5.74) is 5.21. The van der Waals surface area contributed by atoms with Crippen LogP contribution in [-0.4, -0.2) is 22.4 Å². The molecule has 1 aromatic carbocycles. The van der Waals surface area contributed by atoms with Gasteiger partial charge in [0.15, 0.2) is 5.69 Å². The van der Waals surface area contributed by atoms with E-state index in [-0.39, 0.29) is 0 Å². The second kappa shape index (κ2) is 5.25. The molecular weight excluding hydrogens is 260 g/mol. The minimum Gasteiger partial charge on any atom is -0.369 e. The van der Waals surface area contributed by atoms with E-state index in [4.69, 9.17) is 0 Å². The van der Waals surface area contributed by atoms with Crippen LogP contribution in [0.25, 0.3) is 11.1 Å². The molecule has 3 rings (SSSR count). The van der Waals surface area contributed by atoms with Crippen LogP contribution in [0.5, 0.6) is 0 Å². The van der Waals surface area contributed by atoms with Gasteiger partial charge in [0, 0.05) is 37.1 Å². The molecule has 2 heterocycles. The molecule has 0 N–H and O–H groups in total. The number of hydrogen-bond acceptors (Lipinski definition) is 3. The third kappa shape index (κ3) is 2.40. The Hall–Kier alpha value is -2.28. The maximum Gasteiger partial charge on any atom is 0.170 e. The lowest BCUT2D eigenvalue weighted by Crippen LogP contribution is -2.35. The Labute approximate surface area is 125 Å². The molecule has 0 amide bonds. The first kappa shape index (κ1) is 13.7. The number of nitrogens with zero attached hydrogens (tertiary/aromatic N) is 4. The summed E-state index contributed by atoms with van der Waals surface area (Å²) in [6, 6.07) is 9.22. The molecule has 0 saturated carbocycles. The van der Waals surface area contributed by atoms with Crippen LogP contribution in [0.1, 0.15) is 31.5 Å². The van der Waals surface area contributed by atoms with Gasteiger partial charge in [0.25, 0.3) is 0 Å². The summed E-state index contributed by atoms with van der Waals surface area (Å²) in [6.45, 7) is 5.59. The lowest BCUT2D eigenvalue weighted by atomic mass is 9.95. The number of fused-ring (bicyclic) bond motifs is 1. The minimum atomic E-state index is 0.494. The number of rotatable bonds is 2. The van der Waals surface area contributed by atoms with Crippen molar-refractivity contribution in [1.82, 2.24) is 9.78 Å². The van der Waals surface area contributed by atoms with E-state index in [1.54, 1.807) is 4.68 Å². The lowest BCUT2D eigenvalue weighted by Gasteiger charge is -2.35. The van der Waals surface area contributed by atoms with Gasteiger partial charge in [0.05, 0.1) is 0 Å². The normalized spacial score (nSPS) is 14.1. The maximum atomic E-state index is 9.21. The highest BCUT2D eigenvalue weighted by Crippen LogP contribution is 2.33. The molecule has 0 fully saturated rings. The van der Waals surface area contributed by atoms with Gasteiger partial charge in [-0.3, -0.25) is 4.68 Å². The fourth-order valence-electron chi connectivity index (χ4n) is 3.11. The second-order valence-electron chi connectivity index (χ2n) is 5.91. The summed E-state index contributed by atoms with van der Waals surface area (Å²) in [7, 11) is 1.85. The van der Waals surface area contributed by atoms with Crippen molar-refractivity contribution >= 4 is 5.69 Å². The van der Waals surface area contributed by atoms with Crippen molar-refractivity contribution in [3.05, 3.63) is 35.7 Å². The fraction of sp³-hybridized carbons (Fsp3) is 0.412. The Morgan fingerprint density at radius 3 is 2.86 bits per heavy atom. The summed E-state index contributed by atoms with van der Waals surface area (Å²) in [5.74, 6) is 0. The number of aryl methyl sites for hydroxylation is 2. The van der Waals surface area contributed by atoms with Gasteiger partial charge < -0.3 is 4.90 Å². The molecule has 2 aromatic rings. The summed E-state index contributed by atoms with van der Waals surface area (Å²) < 4.78 is 1.70. The van der Waals surface area contributed by atoms with Crippen molar-refractivity contribution in [2.24, 2.45) is 7.05 Å². The predicted molar refractivity (Wildman–Crippen MR) is 84.2 cm³/mol. The number of benzene rings is 1. The van der Waals surface area contributed by atoms with Gasteiger partial charge in [-0.1, -0.05) is 6.07 Å². The number of hydrogen-bond donors (Lipinski definition) is 0. The van der Waals surface area contributed by atoms with Crippen LogP contribution in [0.2, 0.25) is 0 Å². The van der Waals surface area contributed by atoms with E-state index < -0.39 is 0 Å². The largest absolute Gasteiger partial charge is 0.369 e. The first-order valence-corrected chi connectivity index (χ1v) is 7.44. The monoisotopic (exact) mass is 280 g/mol. The van der Waals surface area contributed by atoms with Gasteiger partial charge in [-0.15, -0.1) is 0 Å². The number of nitriles is 1. The first-order valence-electron chi connectivity index (χ1n) is 7.44. The van der Waals surface area contributed by atoms with Crippen LogP contribution in [0.4, 0.5) is 5.69 Å². The molecule has 0 unspecified atom stereocenters. The third-order valence-electron chi connectivity index (χ3n) is 4.10. The van der Waals surface area contributed by atoms with Crippen LogP contribution in [0, 0.1) is 11.3 Å². The fourth-order valence-corrected chi connectivity index (χ4v) is 3.11. The summed E-state index contributed by atoms with van der Waals surface area (Å²) in [4.78, 5) is 2.46. The summed E-state index contributed by atoms with van der Waals surface area (Å²) in [6.07, 6.45) is 4.21. The predicted octanol–water partition coefficient (Wildman–Crippen LogP) is 3.12. The third-order valence-corrected chi connectivity index (χ3v) is 4.10. The quantitative estimate of drug-likeness (QED) is 0.849. The van der Waals surface area contributed by atoms with Crippen molar-refractivity contribution in [3.63, 3.8) is 0 Å². The van der Waals surface area contributed by atoms with Gasteiger partial charge in [0.2, 0.25) is 0 Å². The van der Waals surface area contributed by atoms with Crippen LogP contribution < -0.4 is 4.90 Å². The smallest absolute Gasteiger partial charge is 0.170 e. The standard InChI is InChI=1S/C17H20N4/c1-12(2)21-8-4-5-14-9-13(6-7-17(14)21)15-11-20(3)19-16(15)10-18/h6-7,9,11-12H,4-5,8H2,1-3H3. The molecule has 0 saturated heterocycles. The maximum absolute atomic E-state index is 9.21. The van der Waals surface area contributed by atoms with Crippen LogP contribution in [0.15, 0.2) is 24.4 Å². The molecule has 4 nitrogen and oxygen atoms in total. The average Bonchev–Trinajstić information content (AvgIpc) is 2.87. The molecule has 0 atom stereocenters. The molecule has 0 bridgehead atoms. The molecule has 0 aliphatic carbocycles. The molecule has 4 heteroatoms. The molecule has 1 aromatic heterocycles. The SMILES string of the molecule is CC(C)N1CCCc2cc(-c3cn(C)nc3C#N)ccc21. The molecule has 1 aliphatic heterocycles. The zero-order valence-corrected chi connectivity index (χ0v) is 12.8. The summed E-state index contributed by atoms with van der Waals surface area (Å²) in [5, 5.41) is 13.4. The van der Waals surface area contributed by atoms with Crippen molar-refractivity contribution < 1.29 is 0 Å². The van der Waals surface area contributed by atoms with E-state index >= 15 is 0 Å². The van der Waals surface area contributed by atoms with Gasteiger partial charge in [-0.25, -0.2) is 0 Å². The molecule has 0 radical (unpaired) electrons. The van der Waals surface area contributed by atoms with Gasteiger partial charge in [0.1, 0.15) is 6.07 Å². The van der Waals surface area contributed by atoms with Gasteiger partial charge in [-0.2, -0.15) is 10.4 Å². The Morgan fingerprint density at radius 1 is 1.33 bits per heavy atom. The Bertz CT molecular complexity index is 706. The average molecular weight is 280 g/mol. The molecule has 1 aliphatic rings. The van der Waals surface area contributed by atoms with E-state index in [2.05, 4.69) is 48.1 Å². The highest BCUT2D eigenvalue weighted by molar-refractivity contribution is 5.72. The first-order chi connectivity index (χ1) is 10.1. The van der Waals surface area contributed by atoms with E-state index in [1.807, 2.05) is 13.2 Å². The van der Waals surface area contributed by atoms with E-state index in [9.17, 15) is 5.26 Å². The van der Waals surface area contributed by atoms with Crippen molar-refractivity contribution in [2.75, 3.05) is 11.4 Å². The molecule has 21 heavy (non-hydrogen) atoms. The van der Waals surface area contributed by atoms with Gasteiger partial charge in [-0.05, 0) is 49.9 Å². The second-order valence-corrected chi connectivity index (χ2v) is 5.91. The van der Waals surface area contributed by atoms with Crippen molar-refractivity contribution in [1.29, 1.82) is 5.26 Å². The van der Waals surface area contributed by atoms with Crippen LogP contribution in [-0.2, 0) is 13.5 Å². The van der Waals surface area contributed by atoms with E-state index in [0.717, 1.165) is 24.1 Å². The summed E-state index contributed by atoms with van der Waals surface area (Å²) >= 11 is 0. The Balaban J connectivity index is 2.06. The Kier molecular flexibility index (Phi) is 3.42. The van der Waals surface area contributed by atoms with Crippen LogP contribution >= 0.6 is 0 Å². The highest BCUT2D eigenvalue weighted by Gasteiger charge is 2.20. The molecule has 0 spiro atoms. The highest BCUT2D eigenvalue weighted by atomic mass is 15.2. The molecule has 108 valence electrons. The van der Waals surface area contributed by atoms with E-state index in [1.165, 1.54) is 17.7 Å². The van der Waals surface area contributed by atoms with Crippen molar-refractivity contribution in [2.45, 2.75) is 32.7 Å². The topological polar surface area (TPSA) is 44.9 Å². The lowest BCUT2D eigenvalue weighted by molar-refractivity contribution is 0.626. The van der Waals surface area contributed by atoms with E-state index in [0.29, 0.717) is 11.7 Å². The molecular formula is C17H20N4. The number of aromatic nitrogens is 2.